The van der Waals surface area contributed by atoms with Crippen molar-refractivity contribution >= 4 is 12.1 Å². The van der Waals surface area contributed by atoms with E-state index in [1.807, 2.05) is 0 Å². The SMILES string of the molecule is CN(C=O)C1CCN(c2ccc(C(F)(F)F)cc2)CC1. The Morgan fingerprint density at radius 3 is 2.20 bits per heavy atom. The summed E-state index contributed by atoms with van der Waals surface area (Å²) < 4.78 is 37.5. The summed E-state index contributed by atoms with van der Waals surface area (Å²) in [4.78, 5) is 14.4. The van der Waals surface area contributed by atoms with Crippen LogP contribution in [0.3, 0.4) is 0 Å². The Labute approximate surface area is 116 Å². The molecule has 0 N–H and O–H groups in total. The van der Waals surface area contributed by atoms with E-state index in [0.717, 1.165) is 50.2 Å². The van der Waals surface area contributed by atoms with E-state index in [1.54, 1.807) is 11.9 Å². The van der Waals surface area contributed by atoms with E-state index in [4.69, 9.17) is 0 Å². The number of hydrogen-bond donors (Lipinski definition) is 0. The maximum atomic E-state index is 12.5. The van der Waals surface area contributed by atoms with Gasteiger partial charge >= 0.3 is 6.18 Å². The molecule has 0 bridgehead atoms. The molecule has 20 heavy (non-hydrogen) atoms. The Bertz CT molecular complexity index is 450. The van der Waals surface area contributed by atoms with Gasteiger partial charge in [0.05, 0.1) is 5.56 Å². The second-order valence-corrected chi connectivity index (χ2v) is 5.03. The van der Waals surface area contributed by atoms with Gasteiger partial charge < -0.3 is 9.80 Å². The molecular weight excluding hydrogens is 269 g/mol. The predicted molar refractivity (Wildman–Crippen MR) is 70.5 cm³/mol. The Morgan fingerprint density at radius 1 is 1.20 bits per heavy atom. The molecule has 1 fully saturated rings. The number of rotatable bonds is 3. The van der Waals surface area contributed by atoms with Crippen molar-refractivity contribution in [3.05, 3.63) is 29.8 Å². The van der Waals surface area contributed by atoms with Crippen LogP contribution < -0.4 is 4.90 Å². The van der Waals surface area contributed by atoms with Gasteiger partial charge in [0.25, 0.3) is 0 Å². The predicted octanol–water partition coefficient (Wildman–Crippen LogP) is 2.76. The van der Waals surface area contributed by atoms with Gasteiger partial charge in [0.15, 0.2) is 0 Å². The van der Waals surface area contributed by atoms with E-state index < -0.39 is 11.7 Å². The zero-order chi connectivity index (χ0) is 14.8. The first-order valence-electron chi connectivity index (χ1n) is 6.51. The van der Waals surface area contributed by atoms with Crippen molar-refractivity contribution in [2.24, 2.45) is 0 Å². The van der Waals surface area contributed by atoms with Crippen molar-refractivity contribution in [3.8, 4) is 0 Å². The van der Waals surface area contributed by atoms with E-state index in [-0.39, 0.29) is 6.04 Å². The zero-order valence-electron chi connectivity index (χ0n) is 11.2. The minimum Gasteiger partial charge on any atom is -0.371 e. The largest absolute Gasteiger partial charge is 0.416 e. The summed E-state index contributed by atoms with van der Waals surface area (Å²) in [6.45, 7) is 1.49. The highest BCUT2D eigenvalue weighted by Gasteiger charge is 2.30. The average molecular weight is 286 g/mol. The number of hydrogen-bond acceptors (Lipinski definition) is 2. The normalized spacial score (nSPS) is 17.1. The van der Waals surface area contributed by atoms with Crippen molar-refractivity contribution in [2.45, 2.75) is 25.1 Å². The lowest BCUT2D eigenvalue weighted by Crippen LogP contribution is -2.42. The molecule has 1 amide bonds. The van der Waals surface area contributed by atoms with Gasteiger partial charge in [-0.25, -0.2) is 0 Å². The maximum absolute atomic E-state index is 12.5. The van der Waals surface area contributed by atoms with Crippen LogP contribution in [0.25, 0.3) is 0 Å². The van der Waals surface area contributed by atoms with Crippen molar-refractivity contribution < 1.29 is 18.0 Å². The molecule has 0 atom stereocenters. The molecule has 1 aliphatic heterocycles. The lowest BCUT2D eigenvalue weighted by molar-refractivity contribution is -0.137. The van der Waals surface area contributed by atoms with Crippen LogP contribution in [0.15, 0.2) is 24.3 Å². The minimum absolute atomic E-state index is 0.221. The topological polar surface area (TPSA) is 23.6 Å². The monoisotopic (exact) mass is 286 g/mol. The first-order chi connectivity index (χ1) is 9.41. The highest BCUT2D eigenvalue weighted by atomic mass is 19.4. The number of amides is 1. The molecule has 0 saturated carbocycles. The lowest BCUT2D eigenvalue weighted by Gasteiger charge is -2.36. The van der Waals surface area contributed by atoms with Gasteiger partial charge in [-0.1, -0.05) is 0 Å². The number of halogens is 3. The van der Waals surface area contributed by atoms with Crippen LogP contribution in [0, 0.1) is 0 Å². The van der Waals surface area contributed by atoms with E-state index >= 15 is 0 Å². The van der Waals surface area contributed by atoms with Gasteiger partial charge in [-0.05, 0) is 37.1 Å². The zero-order valence-corrected chi connectivity index (χ0v) is 11.2. The molecule has 0 unspecified atom stereocenters. The van der Waals surface area contributed by atoms with Crippen molar-refractivity contribution in [2.75, 3.05) is 25.0 Å². The molecule has 110 valence electrons. The van der Waals surface area contributed by atoms with Crippen LogP contribution in [0.2, 0.25) is 0 Å². The van der Waals surface area contributed by atoms with Crippen molar-refractivity contribution in [1.29, 1.82) is 0 Å². The number of anilines is 1. The van der Waals surface area contributed by atoms with Gasteiger partial charge in [-0.2, -0.15) is 13.2 Å². The van der Waals surface area contributed by atoms with E-state index in [0.29, 0.717) is 0 Å². The van der Waals surface area contributed by atoms with Crippen LogP contribution in [0.1, 0.15) is 18.4 Å². The standard InChI is InChI=1S/C14H17F3N2O/c1-18(10-20)12-6-8-19(9-7-12)13-4-2-11(3-5-13)14(15,16)17/h2-5,10,12H,6-9H2,1H3. The number of piperidine rings is 1. The molecule has 6 heteroatoms. The summed E-state index contributed by atoms with van der Waals surface area (Å²) in [7, 11) is 1.76. The Balaban J connectivity index is 1.99. The van der Waals surface area contributed by atoms with Crippen LogP contribution >= 0.6 is 0 Å². The molecule has 1 saturated heterocycles. The minimum atomic E-state index is -4.29. The van der Waals surface area contributed by atoms with E-state index in [1.165, 1.54) is 12.1 Å². The van der Waals surface area contributed by atoms with Crippen LogP contribution in [-0.4, -0.2) is 37.5 Å². The van der Waals surface area contributed by atoms with Gasteiger partial charge in [-0.3, -0.25) is 4.79 Å². The first kappa shape index (κ1) is 14.7. The molecule has 0 spiro atoms. The van der Waals surface area contributed by atoms with Gasteiger partial charge in [0.2, 0.25) is 6.41 Å². The third-order valence-corrected chi connectivity index (χ3v) is 3.77. The van der Waals surface area contributed by atoms with Gasteiger partial charge in [0.1, 0.15) is 0 Å². The highest BCUT2D eigenvalue weighted by molar-refractivity contribution is 5.50. The third-order valence-electron chi connectivity index (χ3n) is 3.77. The molecule has 0 aliphatic carbocycles. The summed E-state index contributed by atoms with van der Waals surface area (Å²) in [6.07, 6.45) is -1.82. The fraction of sp³-hybridized carbons (Fsp3) is 0.500. The molecule has 2 rings (SSSR count). The molecular formula is C14H17F3N2O. The highest BCUT2D eigenvalue weighted by Crippen LogP contribution is 2.31. The van der Waals surface area contributed by atoms with E-state index in [9.17, 15) is 18.0 Å². The van der Waals surface area contributed by atoms with E-state index in [2.05, 4.69) is 4.90 Å². The second kappa shape index (κ2) is 5.73. The number of benzene rings is 1. The second-order valence-electron chi connectivity index (χ2n) is 5.03. The summed E-state index contributed by atoms with van der Waals surface area (Å²) in [6, 6.07) is 5.45. The first-order valence-corrected chi connectivity index (χ1v) is 6.51. The lowest BCUT2D eigenvalue weighted by atomic mass is 10.0. The molecule has 0 aromatic heterocycles. The molecule has 1 aliphatic rings. The Hall–Kier alpha value is -1.72. The quantitative estimate of drug-likeness (QED) is 0.798. The van der Waals surface area contributed by atoms with Crippen LogP contribution in [0.4, 0.5) is 18.9 Å². The Kier molecular flexibility index (Phi) is 4.20. The van der Waals surface area contributed by atoms with Gasteiger partial charge in [0, 0.05) is 31.9 Å². The number of alkyl halides is 3. The smallest absolute Gasteiger partial charge is 0.371 e. The van der Waals surface area contributed by atoms with Crippen molar-refractivity contribution in [1.82, 2.24) is 4.90 Å². The molecule has 0 radical (unpaired) electrons. The molecule has 3 nitrogen and oxygen atoms in total. The molecule has 1 aromatic rings. The average Bonchev–Trinajstić information content (AvgIpc) is 2.46. The van der Waals surface area contributed by atoms with Crippen molar-refractivity contribution in [3.63, 3.8) is 0 Å². The summed E-state index contributed by atoms with van der Waals surface area (Å²) >= 11 is 0. The fourth-order valence-corrected chi connectivity index (χ4v) is 2.48. The fourth-order valence-electron chi connectivity index (χ4n) is 2.48. The molecule has 1 heterocycles. The van der Waals surface area contributed by atoms with Gasteiger partial charge in [-0.15, -0.1) is 0 Å². The summed E-state index contributed by atoms with van der Waals surface area (Å²) in [5, 5.41) is 0. The third kappa shape index (κ3) is 3.23. The Morgan fingerprint density at radius 2 is 1.75 bits per heavy atom. The maximum Gasteiger partial charge on any atom is 0.416 e. The number of carbonyl (C=O) groups excluding carboxylic acids is 1. The van der Waals surface area contributed by atoms with Crippen LogP contribution in [0.5, 0.6) is 0 Å². The van der Waals surface area contributed by atoms with Crippen LogP contribution in [-0.2, 0) is 11.0 Å². The summed E-state index contributed by atoms with van der Waals surface area (Å²) in [5.41, 5.74) is 0.169. The summed E-state index contributed by atoms with van der Waals surface area (Å²) in [5.74, 6) is 0. The number of carbonyl (C=O) groups is 1. The number of nitrogens with zero attached hydrogens (tertiary/aromatic N) is 2. The molecule has 1 aromatic carbocycles.